The zero-order chi connectivity index (χ0) is 19.4. The second kappa shape index (κ2) is 8.08. The van der Waals surface area contributed by atoms with Crippen LogP contribution in [0.5, 0.6) is 0 Å². The van der Waals surface area contributed by atoms with E-state index in [1.165, 1.54) is 36.0 Å². The van der Waals surface area contributed by atoms with Crippen molar-refractivity contribution in [1.82, 2.24) is 4.98 Å². The summed E-state index contributed by atoms with van der Waals surface area (Å²) in [6.07, 6.45) is 2.37. The summed E-state index contributed by atoms with van der Waals surface area (Å²) in [6, 6.07) is 15.5. The Bertz CT molecular complexity index is 1060. The van der Waals surface area contributed by atoms with Crippen LogP contribution in [0, 0.1) is 0 Å². The normalized spacial score (nSPS) is 12.7. The number of nitrogens with two attached hydrogens (primary N) is 1. The van der Waals surface area contributed by atoms with Crippen molar-refractivity contribution < 1.29 is 13.2 Å². The quantitative estimate of drug-likeness (QED) is 0.617. The van der Waals surface area contributed by atoms with Crippen molar-refractivity contribution in [3.63, 3.8) is 0 Å². The Morgan fingerprint density at radius 1 is 1.15 bits per heavy atom. The maximum Gasteiger partial charge on any atom is 0.238 e. The van der Waals surface area contributed by atoms with Crippen LogP contribution < -0.4 is 10.5 Å². The highest BCUT2D eigenvalue weighted by Gasteiger charge is 2.19. The molecule has 0 aliphatic heterocycles. The molecule has 0 radical (unpaired) electrons. The molecule has 1 atom stereocenters. The fraction of sp³-hybridized carbons (Fsp3) is 0.158. The van der Waals surface area contributed by atoms with Crippen molar-refractivity contribution in [3.05, 3.63) is 60.8 Å². The Labute approximate surface area is 162 Å². The van der Waals surface area contributed by atoms with Crippen molar-refractivity contribution in [2.45, 2.75) is 28.4 Å². The largest absolute Gasteiger partial charge is 0.325 e. The molecule has 0 saturated carbocycles. The van der Waals surface area contributed by atoms with Gasteiger partial charge in [-0.2, -0.15) is 0 Å². The van der Waals surface area contributed by atoms with Gasteiger partial charge < -0.3 is 5.32 Å². The number of primary sulfonamides is 1. The molecule has 140 valence electrons. The van der Waals surface area contributed by atoms with Crippen molar-refractivity contribution in [2.75, 3.05) is 5.32 Å². The number of carbonyl (C=O) groups excluding carboxylic acids is 1. The summed E-state index contributed by atoms with van der Waals surface area (Å²) in [5.74, 6) is -0.154. The lowest BCUT2D eigenvalue weighted by Gasteiger charge is -2.16. The molecule has 0 bridgehead atoms. The number of anilines is 1. The van der Waals surface area contributed by atoms with Crippen LogP contribution in [0.1, 0.15) is 13.3 Å². The first-order valence-electron chi connectivity index (χ1n) is 8.32. The molecule has 1 unspecified atom stereocenters. The number of carbonyl (C=O) groups is 1. The van der Waals surface area contributed by atoms with Gasteiger partial charge in [0, 0.05) is 22.2 Å². The summed E-state index contributed by atoms with van der Waals surface area (Å²) < 4.78 is 22.6. The van der Waals surface area contributed by atoms with Gasteiger partial charge in [0.15, 0.2) is 0 Å². The number of sulfonamides is 1. The maximum atomic E-state index is 12.7. The molecular weight excluding hydrogens is 382 g/mol. The molecule has 2 aromatic carbocycles. The second-order valence-electron chi connectivity index (χ2n) is 5.90. The summed E-state index contributed by atoms with van der Waals surface area (Å²) in [6.45, 7) is 1.94. The predicted molar refractivity (Wildman–Crippen MR) is 108 cm³/mol. The van der Waals surface area contributed by atoms with E-state index in [1.807, 2.05) is 37.3 Å². The Hall–Kier alpha value is -2.42. The molecule has 0 aliphatic carbocycles. The van der Waals surface area contributed by atoms with E-state index in [0.717, 1.165) is 15.8 Å². The smallest absolute Gasteiger partial charge is 0.238 e. The minimum atomic E-state index is -3.75. The molecule has 3 aromatic rings. The molecule has 0 saturated heterocycles. The molecule has 8 heteroatoms. The standard InChI is InChI=1S/C19H19N3O3S2/c1-2-16(26-17-7-3-5-13-6-4-12-21-18(13)17)19(23)22-14-8-10-15(11-9-14)27(20,24)25/h3-12,16H,2H2,1H3,(H,22,23)(H2,20,24,25). The number of hydrogen-bond acceptors (Lipinski definition) is 5. The third-order valence-corrected chi connectivity index (χ3v) is 6.32. The average Bonchev–Trinajstić information content (AvgIpc) is 2.65. The maximum absolute atomic E-state index is 12.7. The molecule has 27 heavy (non-hydrogen) atoms. The van der Waals surface area contributed by atoms with E-state index >= 15 is 0 Å². The first kappa shape index (κ1) is 19.3. The molecule has 1 aromatic heterocycles. The van der Waals surface area contributed by atoms with E-state index in [9.17, 15) is 13.2 Å². The molecule has 3 N–H and O–H groups in total. The second-order valence-corrected chi connectivity index (χ2v) is 8.71. The summed E-state index contributed by atoms with van der Waals surface area (Å²) in [5.41, 5.74) is 1.39. The summed E-state index contributed by atoms with van der Waals surface area (Å²) >= 11 is 1.46. The van der Waals surface area contributed by atoms with Crippen LogP contribution in [0.3, 0.4) is 0 Å². The Morgan fingerprint density at radius 3 is 2.52 bits per heavy atom. The molecule has 6 nitrogen and oxygen atoms in total. The zero-order valence-electron chi connectivity index (χ0n) is 14.6. The first-order valence-corrected chi connectivity index (χ1v) is 10.7. The van der Waals surface area contributed by atoms with Crippen LogP contribution in [0.2, 0.25) is 0 Å². The highest BCUT2D eigenvalue weighted by atomic mass is 32.2. The fourth-order valence-electron chi connectivity index (χ4n) is 2.60. The number of thioether (sulfide) groups is 1. The van der Waals surface area contributed by atoms with Gasteiger partial charge in [0.1, 0.15) is 0 Å². The van der Waals surface area contributed by atoms with Crippen LogP contribution in [0.15, 0.2) is 70.6 Å². The molecular formula is C19H19N3O3S2. The number of pyridine rings is 1. The lowest BCUT2D eigenvalue weighted by atomic mass is 10.2. The number of nitrogens with one attached hydrogen (secondary N) is 1. The van der Waals surface area contributed by atoms with Gasteiger partial charge in [0.25, 0.3) is 0 Å². The number of fused-ring (bicyclic) bond motifs is 1. The minimum absolute atomic E-state index is 0.00347. The van der Waals surface area contributed by atoms with Crippen LogP contribution in [0.4, 0.5) is 5.69 Å². The summed E-state index contributed by atoms with van der Waals surface area (Å²) in [7, 11) is -3.75. The van der Waals surface area contributed by atoms with Gasteiger partial charge in [-0.3, -0.25) is 9.78 Å². The number of rotatable bonds is 6. The van der Waals surface area contributed by atoms with Crippen molar-refractivity contribution in [1.29, 1.82) is 0 Å². The predicted octanol–water partition coefficient (Wildman–Crippen LogP) is 3.39. The molecule has 0 spiro atoms. The van der Waals surface area contributed by atoms with Crippen molar-refractivity contribution >= 4 is 44.3 Å². The summed E-state index contributed by atoms with van der Waals surface area (Å²) in [5, 5.41) is 8.62. The summed E-state index contributed by atoms with van der Waals surface area (Å²) in [4.78, 5) is 18.0. The highest BCUT2D eigenvalue weighted by molar-refractivity contribution is 8.00. The number of amides is 1. The average molecular weight is 402 g/mol. The lowest BCUT2D eigenvalue weighted by Crippen LogP contribution is -2.24. The topological polar surface area (TPSA) is 102 Å². The SMILES string of the molecule is CCC(Sc1cccc2cccnc12)C(=O)Nc1ccc(S(N)(=O)=O)cc1. The number of nitrogens with zero attached hydrogens (tertiary/aromatic N) is 1. The number of hydrogen-bond donors (Lipinski definition) is 2. The van der Waals surface area contributed by atoms with E-state index < -0.39 is 10.0 Å². The van der Waals surface area contributed by atoms with Crippen LogP contribution in [0.25, 0.3) is 10.9 Å². The highest BCUT2D eigenvalue weighted by Crippen LogP contribution is 2.31. The third kappa shape index (κ3) is 4.65. The molecule has 1 amide bonds. The van der Waals surface area contributed by atoms with Gasteiger partial charge in [-0.1, -0.05) is 25.1 Å². The van der Waals surface area contributed by atoms with Gasteiger partial charge in [0.2, 0.25) is 15.9 Å². The Morgan fingerprint density at radius 2 is 1.85 bits per heavy atom. The van der Waals surface area contributed by atoms with E-state index in [0.29, 0.717) is 12.1 Å². The lowest BCUT2D eigenvalue weighted by molar-refractivity contribution is -0.115. The van der Waals surface area contributed by atoms with Crippen molar-refractivity contribution in [3.8, 4) is 0 Å². The van der Waals surface area contributed by atoms with Gasteiger partial charge in [-0.15, -0.1) is 11.8 Å². The van der Waals surface area contributed by atoms with Gasteiger partial charge in [-0.25, -0.2) is 13.6 Å². The molecule has 0 aliphatic rings. The Balaban J connectivity index is 1.76. The van der Waals surface area contributed by atoms with E-state index in [-0.39, 0.29) is 16.1 Å². The number of aromatic nitrogens is 1. The van der Waals surface area contributed by atoms with Crippen LogP contribution in [-0.4, -0.2) is 24.6 Å². The van der Waals surface area contributed by atoms with Gasteiger partial charge in [0.05, 0.1) is 15.7 Å². The Kier molecular flexibility index (Phi) is 5.79. The number of para-hydroxylation sites is 1. The van der Waals surface area contributed by atoms with Crippen LogP contribution >= 0.6 is 11.8 Å². The van der Waals surface area contributed by atoms with E-state index in [2.05, 4.69) is 10.3 Å². The first-order chi connectivity index (χ1) is 12.9. The molecule has 0 fully saturated rings. The van der Waals surface area contributed by atoms with Crippen LogP contribution in [-0.2, 0) is 14.8 Å². The van der Waals surface area contributed by atoms with E-state index in [1.54, 1.807) is 6.20 Å². The van der Waals surface area contributed by atoms with Crippen molar-refractivity contribution in [2.24, 2.45) is 5.14 Å². The fourth-order valence-corrected chi connectivity index (χ4v) is 4.19. The minimum Gasteiger partial charge on any atom is -0.325 e. The van der Waals surface area contributed by atoms with E-state index in [4.69, 9.17) is 5.14 Å². The number of benzene rings is 2. The molecule has 3 rings (SSSR count). The monoisotopic (exact) mass is 401 g/mol. The zero-order valence-corrected chi connectivity index (χ0v) is 16.3. The third-order valence-electron chi connectivity index (χ3n) is 3.98. The van der Waals surface area contributed by atoms with Gasteiger partial charge >= 0.3 is 0 Å². The van der Waals surface area contributed by atoms with Gasteiger partial charge in [-0.05, 0) is 42.8 Å². The molecule has 1 heterocycles.